The third-order valence-electron chi connectivity index (χ3n) is 2.85. The number of hydrogen-bond acceptors (Lipinski definition) is 4. The summed E-state index contributed by atoms with van der Waals surface area (Å²) in [4.78, 5) is 11.5. The summed E-state index contributed by atoms with van der Waals surface area (Å²) < 4.78 is 10.3. The third-order valence-corrected chi connectivity index (χ3v) is 2.85. The maximum absolute atomic E-state index is 11.5. The molecule has 1 rings (SSSR count). The lowest BCUT2D eigenvalue weighted by Crippen LogP contribution is -2.32. The van der Waals surface area contributed by atoms with E-state index in [-0.39, 0.29) is 12.0 Å². The minimum atomic E-state index is -0.508. The summed E-state index contributed by atoms with van der Waals surface area (Å²) in [7, 11) is 1.54. The van der Waals surface area contributed by atoms with Gasteiger partial charge in [-0.2, -0.15) is 0 Å². The fourth-order valence-corrected chi connectivity index (χ4v) is 1.90. The summed E-state index contributed by atoms with van der Waals surface area (Å²) >= 11 is 0. The molecule has 17 heavy (non-hydrogen) atoms. The molecule has 0 aromatic rings. The quantitative estimate of drug-likeness (QED) is 0.684. The molecule has 100 valence electrons. The monoisotopic (exact) mass is 245 g/mol. The Bertz CT molecular complexity index is 217. The highest BCUT2D eigenvalue weighted by Crippen LogP contribution is 2.15. The molecule has 5 nitrogen and oxygen atoms in total. The van der Waals surface area contributed by atoms with Crippen LogP contribution in [-0.2, 0) is 14.3 Å². The van der Waals surface area contributed by atoms with Gasteiger partial charge in [-0.25, -0.2) is 0 Å². The fourth-order valence-electron chi connectivity index (χ4n) is 1.90. The largest absolute Gasteiger partial charge is 0.391 e. The van der Waals surface area contributed by atoms with Crippen LogP contribution in [0.25, 0.3) is 0 Å². The van der Waals surface area contributed by atoms with Crippen LogP contribution in [0.15, 0.2) is 0 Å². The van der Waals surface area contributed by atoms with Crippen molar-refractivity contribution >= 4 is 5.91 Å². The normalized spacial score (nSPS) is 22.1. The van der Waals surface area contributed by atoms with Crippen LogP contribution in [0.1, 0.15) is 32.1 Å². The first kappa shape index (κ1) is 14.4. The molecular weight excluding hydrogens is 222 g/mol. The second kappa shape index (κ2) is 8.44. The topological polar surface area (TPSA) is 67.8 Å². The lowest BCUT2D eigenvalue weighted by molar-refractivity contribution is -0.124. The average molecular weight is 245 g/mol. The molecule has 0 aromatic carbocycles. The predicted octanol–water partition coefficient (Wildman–Crippen LogP) is 0.459. The van der Waals surface area contributed by atoms with Crippen molar-refractivity contribution < 1.29 is 19.4 Å². The summed E-state index contributed by atoms with van der Waals surface area (Å²) in [6, 6.07) is 0. The maximum atomic E-state index is 11.5. The van der Waals surface area contributed by atoms with E-state index < -0.39 is 6.10 Å². The fraction of sp³-hybridized carbons (Fsp3) is 0.917. The molecule has 0 aromatic heterocycles. The Kier molecular flexibility index (Phi) is 7.16. The van der Waals surface area contributed by atoms with Gasteiger partial charge in [-0.1, -0.05) is 0 Å². The molecule has 1 saturated heterocycles. The summed E-state index contributed by atoms with van der Waals surface area (Å²) in [5.74, 6) is 0.00140. The summed E-state index contributed by atoms with van der Waals surface area (Å²) in [6.07, 6.45) is 3.73. The molecule has 1 aliphatic rings. The van der Waals surface area contributed by atoms with Gasteiger partial charge in [0.25, 0.3) is 0 Å². The van der Waals surface area contributed by atoms with Crippen molar-refractivity contribution in [2.75, 3.05) is 26.9 Å². The minimum Gasteiger partial charge on any atom is -0.391 e. The molecule has 2 unspecified atom stereocenters. The van der Waals surface area contributed by atoms with Crippen molar-refractivity contribution in [3.8, 4) is 0 Å². The first-order valence-electron chi connectivity index (χ1n) is 6.27. The molecule has 1 amide bonds. The van der Waals surface area contributed by atoms with Gasteiger partial charge in [0, 0.05) is 20.3 Å². The Hall–Kier alpha value is -0.650. The van der Waals surface area contributed by atoms with Crippen LogP contribution >= 0.6 is 0 Å². The zero-order chi connectivity index (χ0) is 12.5. The predicted molar refractivity (Wildman–Crippen MR) is 63.7 cm³/mol. The van der Waals surface area contributed by atoms with E-state index in [0.717, 1.165) is 25.9 Å². The zero-order valence-electron chi connectivity index (χ0n) is 10.5. The molecular formula is C12H23NO4. The van der Waals surface area contributed by atoms with Crippen molar-refractivity contribution in [1.82, 2.24) is 5.32 Å². The third kappa shape index (κ3) is 6.61. The Morgan fingerprint density at radius 3 is 3.06 bits per heavy atom. The van der Waals surface area contributed by atoms with Crippen molar-refractivity contribution in [2.45, 2.75) is 44.3 Å². The van der Waals surface area contributed by atoms with E-state index >= 15 is 0 Å². The number of carbonyl (C=O) groups is 1. The second-order valence-corrected chi connectivity index (χ2v) is 4.44. The average Bonchev–Trinajstić information content (AvgIpc) is 2.30. The number of aliphatic hydroxyl groups is 1. The molecule has 1 heterocycles. The van der Waals surface area contributed by atoms with Crippen molar-refractivity contribution in [2.24, 2.45) is 0 Å². The molecule has 0 spiro atoms. The highest BCUT2D eigenvalue weighted by molar-refractivity contribution is 5.76. The number of rotatable bonds is 7. The van der Waals surface area contributed by atoms with Crippen LogP contribution in [-0.4, -0.2) is 50.1 Å². The lowest BCUT2D eigenvalue weighted by Gasteiger charge is -2.22. The molecule has 0 bridgehead atoms. The molecule has 0 aliphatic carbocycles. The van der Waals surface area contributed by atoms with Gasteiger partial charge in [0.15, 0.2) is 0 Å². The van der Waals surface area contributed by atoms with Crippen molar-refractivity contribution in [3.63, 3.8) is 0 Å². The smallest absolute Gasteiger partial charge is 0.222 e. The molecule has 2 N–H and O–H groups in total. The van der Waals surface area contributed by atoms with Gasteiger partial charge in [0.05, 0.1) is 25.2 Å². The number of amides is 1. The van der Waals surface area contributed by atoms with Gasteiger partial charge in [0.1, 0.15) is 0 Å². The van der Waals surface area contributed by atoms with Gasteiger partial charge in [0.2, 0.25) is 5.91 Å². The van der Waals surface area contributed by atoms with E-state index in [1.165, 1.54) is 0 Å². The van der Waals surface area contributed by atoms with Gasteiger partial charge in [-0.05, 0) is 25.7 Å². The Morgan fingerprint density at radius 2 is 2.41 bits per heavy atom. The number of methoxy groups -OCH3 is 1. The molecule has 0 saturated carbocycles. The number of carbonyl (C=O) groups excluding carboxylic acids is 1. The summed E-state index contributed by atoms with van der Waals surface area (Å²) in [5.41, 5.74) is 0. The van der Waals surface area contributed by atoms with E-state index in [4.69, 9.17) is 9.47 Å². The van der Waals surface area contributed by atoms with E-state index in [1.54, 1.807) is 7.11 Å². The molecule has 1 fully saturated rings. The first-order chi connectivity index (χ1) is 8.22. The van der Waals surface area contributed by atoms with E-state index in [9.17, 15) is 9.90 Å². The van der Waals surface area contributed by atoms with Crippen LogP contribution in [0, 0.1) is 0 Å². The number of hydrogen-bond donors (Lipinski definition) is 2. The maximum Gasteiger partial charge on any atom is 0.222 e. The minimum absolute atomic E-state index is 0.00140. The number of nitrogens with one attached hydrogen (secondary N) is 1. The first-order valence-corrected chi connectivity index (χ1v) is 6.27. The van der Waals surface area contributed by atoms with E-state index in [2.05, 4.69) is 5.32 Å². The molecule has 1 aliphatic heterocycles. The van der Waals surface area contributed by atoms with Crippen molar-refractivity contribution in [1.29, 1.82) is 0 Å². The standard InChI is InChI=1S/C12H23NO4/c1-16-9-10(14)5-6-13-12(15)8-11-4-2-3-7-17-11/h10-11,14H,2-9H2,1H3,(H,13,15). The molecule has 2 atom stereocenters. The van der Waals surface area contributed by atoms with Crippen LogP contribution in [0.4, 0.5) is 0 Å². The molecule has 5 heteroatoms. The second-order valence-electron chi connectivity index (χ2n) is 4.44. The molecule has 0 radical (unpaired) electrons. The van der Waals surface area contributed by atoms with Gasteiger partial charge in [-0.3, -0.25) is 4.79 Å². The Balaban J connectivity index is 2.04. The highest BCUT2D eigenvalue weighted by Gasteiger charge is 2.17. The van der Waals surface area contributed by atoms with Crippen LogP contribution in [0.5, 0.6) is 0 Å². The zero-order valence-corrected chi connectivity index (χ0v) is 10.5. The summed E-state index contributed by atoms with van der Waals surface area (Å²) in [5, 5.41) is 12.2. The van der Waals surface area contributed by atoms with Gasteiger partial charge in [-0.15, -0.1) is 0 Å². The van der Waals surface area contributed by atoms with Crippen molar-refractivity contribution in [3.05, 3.63) is 0 Å². The number of ether oxygens (including phenoxy) is 2. The highest BCUT2D eigenvalue weighted by atomic mass is 16.5. The van der Waals surface area contributed by atoms with Crippen LogP contribution in [0.2, 0.25) is 0 Å². The van der Waals surface area contributed by atoms with Crippen LogP contribution < -0.4 is 5.32 Å². The number of aliphatic hydroxyl groups excluding tert-OH is 1. The Morgan fingerprint density at radius 1 is 1.59 bits per heavy atom. The SMILES string of the molecule is COCC(O)CCNC(=O)CC1CCCCO1. The van der Waals surface area contributed by atoms with E-state index in [0.29, 0.717) is 26.0 Å². The van der Waals surface area contributed by atoms with Gasteiger partial charge < -0.3 is 19.9 Å². The van der Waals surface area contributed by atoms with Crippen LogP contribution in [0.3, 0.4) is 0 Å². The Labute approximate surface area is 102 Å². The van der Waals surface area contributed by atoms with Gasteiger partial charge >= 0.3 is 0 Å². The summed E-state index contributed by atoms with van der Waals surface area (Å²) in [6.45, 7) is 1.56. The van der Waals surface area contributed by atoms with E-state index in [1.807, 2.05) is 0 Å². The lowest BCUT2D eigenvalue weighted by atomic mass is 10.1.